The lowest BCUT2D eigenvalue weighted by Gasteiger charge is -2.16. The molecule has 0 aliphatic carbocycles. The van der Waals surface area contributed by atoms with Gasteiger partial charge in [-0.05, 0) is 26.8 Å². The monoisotopic (exact) mass is 261 g/mol. The Hall–Kier alpha value is -1.88. The molecule has 2 rings (SSSR count). The second-order valence-corrected chi connectivity index (χ2v) is 4.31. The lowest BCUT2D eigenvalue weighted by atomic mass is 10.1. The minimum atomic E-state index is 0.148. The first kappa shape index (κ1) is 13.5. The van der Waals surface area contributed by atoms with Crippen LogP contribution in [0.5, 0.6) is 5.75 Å². The number of ether oxygens (including phenoxy) is 1. The van der Waals surface area contributed by atoms with Gasteiger partial charge in [0.15, 0.2) is 5.82 Å². The van der Waals surface area contributed by atoms with Crippen LogP contribution < -0.4 is 10.1 Å². The second kappa shape index (κ2) is 6.33. The lowest BCUT2D eigenvalue weighted by Crippen LogP contribution is -2.19. The van der Waals surface area contributed by atoms with E-state index in [4.69, 9.17) is 9.26 Å². The third-order valence-electron chi connectivity index (χ3n) is 2.81. The highest BCUT2D eigenvalue weighted by molar-refractivity contribution is 5.35. The number of aromatic nitrogens is 2. The van der Waals surface area contributed by atoms with Crippen molar-refractivity contribution in [1.82, 2.24) is 15.5 Å². The number of benzene rings is 1. The Labute approximate surface area is 113 Å². The minimum absolute atomic E-state index is 0.148. The van der Waals surface area contributed by atoms with Gasteiger partial charge in [0, 0.05) is 11.6 Å². The minimum Gasteiger partial charge on any atom is -0.494 e. The van der Waals surface area contributed by atoms with Gasteiger partial charge in [-0.25, -0.2) is 0 Å². The molecule has 0 fully saturated rings. The highest BCUT2D eigenvalue weighted by atomic mass is 16.5. The Morgan fingerprint density at radius 1 is 1.37 bits per heavy atom. The van der Waals surface area contributed by atoms with E-state index in [1.807, 2.05) is 25.1 Å². The zero-order valence-electron chi connectivity index (χ0n) is 11.5. The molecule has 2 aromatic rings. The van der Waals surface area contributed by atoms with Crippen LogP contribution in [0.25, 0.3) is 0 Å². The summed E-state index contributed by atoms with van der Waals surface area (Å²) >= 11 is 0. The maximum atomic E-state index is 5.62. The third-order valence-corrected chi connectivity index (χ3v) is 2.81. The van der Waals surface area contributed by atoms with Gasteiger partial charge in [-0.3, -0.25) is 0 Å². The number of para-hydroxylation sites is 1. The average molecular weight is 261 g/mol. The average Bonchev–Trinajstić information content (AvgIpc) is 2.83. The topological polar surface area (TPSA) is 60.2 Å². The Balaban J connectivity index is 2.01. The molecule has 1 heterocycles. The predicted octanol–water partition coefficient (Wildman–Crippen LogP) is 2.63. The van der Waals surface area contributed by atoms with E-state index in [-0.39, 0.29) is 6.04 Å². The van der Waals surface area contributed by atoms with Gasteiger partial charge in [0.1, 0.15) is 5.75 Å². The quantitative estimate of drug-likeness (QED) is 0.866. The fourth-order valence-electron chi connectivity index (χ4n) is 1.89. The molecule has 0 radical (unpaired) electrons. The lowest BCUT2D eigenvalue weighted by molar-refractivity contribution is 0.328. The summed E-state index contributed by atoms with van der Waals surface area (Å²) in [6.07, 6.45) is 0. The van der Waals surface area contributed by atoms with E-state index >= 15 is 0 Å². The maximum absolute atomic E-state index is 5.62. The molecule has 5 nitrogen and oxygen atoms in total. The number of hydrogen-bond acceptors (Lipinski definition) is 5. The smallest absolute Gasteiger partial charge is 0.240 e. The molecule has 102 valence electrons. The van der Waals surface area contributed by atoms with E-state index in [0.29, 0.717) is 24.9 Å². The molecule has 1 unspecified atom stereocenters. The Kier molecular flexibility index (Phi) is 4.52. The number of nitrogens with one attached hydrogen (secondary N) is 1. The molecule has 0 aliphatic rings. The normalized spacial score (nSPS) is 12.4. The predicted molar refractivity (Wildman–Crippen MR) is 71.9 cm³/mol. The van der Waals surface area contributed by atoms with Crippen LogP contribution in [0.4, 0.5) is 0 Å². The van der Waals surface area contributed by atoms with E-state index in [2.05, 4.69) is 28.4 Å². The Morgan fingerprint density at radius 3 is 2.84 bits per heavy atom. The Morgan fingerprint density at radius 2 is 2.16 bits per heavy atom. The molecular formula is C14H19N3O2. The van der Waals surface area contributed by atoms with E-state index in [1.165, 1.54) is 0 Å². The summed E-state index contributed by atoms with van der Waals surface area (Å²) in [5, 5.41) is 7.11. The van der Waals surface area contributed by atoms with Crippen LogP contribution in [-0.2, 0) is 6.54 Å². The van der Waals surface area contributed by atoms with Crippen molar-refractivity contribution in [3.05, 3.63) is 41.5 Å². The Bertz CT molecular complexity index is 525. The van der Waals surface area contributed by atoms with Gasteiger partial charge in [-0.2, -0.15) is 4.98 Å². The van der Waals surface area contributed by atoms with Crippen molar-refractivity contribution in [3.8, 4) is 5.75 Å². The number of rotatable bonds is 6. The molecule has 0 amide bonds. The van der Waals surface area contributed by atoms with Gasteiger partial charge in [0.05, 0.1) is 13.2 Å². The molecular weight excluding hydrogens is 242 g/mol. The second-order valence-electron chi connectivity index (χ2n) is 4.31. The van der Waals surface area contributed by atoms with Gasteiger partial charge < -0.3 is 14.6 Å². The van der Waals surface area contributed by atoms with E-state index in [1.54, 1.807) is 6.92 Å². The van der Waals surface area contributed by atoms with Crippen molar-refractivity contribution >= 4 is 0 Å². The number of hydrogen-bond donors (Lipinski definition) is 1. The summed E-state index contributed by atoms with van der Waals surface area (Å²) in [6, 6.07) is 8.17. The summed E-state index contributed by atoms with van der Waals surface area (Å²) in [4.78, 5) is 4.16. The van der Waals surface area contributed by atoms with Crippen molar-refractivity contribution in [2.45, 2.75) is 33.4 Å². The molecule has 0 bridgehead atoms. The molecule has 0 saturated heterocycles. The van der Waals surface area contributed by atoms with Crippen LogP contribution in [0.15, 0.2) is 28.8 Å². The van der Waals surface area contributed by atoms with Gasteiger partial charge in [-0.1, -0.05) is 23.4 Å². The molecule has 1 atom stereocenters. The molecule has 1 aromatic heterocycles. The van der Waals surface area contributed by atoms with Gasteiger partial charge in [-0.15, -0.1) is 0 Å². The van der Waals surface area contributed by atoms with Crippen LogP contribution in [0.2, 0.25) is 0 Å². The largest absolute Gasteiger partial charge is 0.494 e. The number of nitrogens with zero attached hydrogens (tertiary/aromatic N) is 2. The summed E-state index contributed by atoms with van der Waals surface area (Å²) in [5.41, 5.74) is 1.13. The van der Waals surface area contributed by atoms with Crippen LogP contribution in [0, 0.1) is 6.92 Å². The first-order valence-corrected chi connectivity index (χ1v) is 6.45. The van der Waals surface area contributed by atoms with E-state index in [9.17, 15) is 0 Å². The van der Waals surface area contributed by atoms with Crippen molar-refractivity contribution in [3.63, 3.8) is 0 Å². The molecule has 0 spiro atoms. The first-order valence-electron chi connectivity index (χ1n) is 6.45. The van der Waals surface area contributed by atoms with E-state index in [0.717, 1.165) is 11.3 Å². The molecule has 0 saturated carbocycles. The van der Waals surface area contributed by atoms with Crippen molar-refractivity contribution in [2.24, 2.45) is 0 Å². The highest BCUT2D eigenvalue weighted by Crippen LogP contribution is 2.24. The zero-order chi connectivity index (χ0) is 13.7. The molecule has 0 aliphatic heterocycles. The summed E-state index contributed by atoms with van der Waals surface area (Å²) in [6.45, 7) is 7.08. The van der Waals surface area contributed by atoms with Crippen LogP contribution in [0.1, 0.15) is 37.2 Å². The van der Waals surface area contributed by atoms with Gasteiger partial charge >= 0.3 is 0 Å². The fourth-order valence-corrected chi connectivity index (χ4v) is 1.89. The summed E-state index contributed by atoms with van der Waals surface area (Å²) in [5.74, 6) is 2.16. The highest BCUT2D eigenvalue weighted by Gasteiger charge is 2.12. The molecule has 1 aromatic carbocycles. The molecule has 5 heteroatoms. The standard InChI is InChI=1S/C14H19N3O2/c1-4-18-13-8-6-5-7-12(13)10(2)15-9-14-16-11(3)17-19-14/h5-8,10,15H,4,9H2,1-3H3. The maximum Gasteiger partial charge on any atom is 0.240 e. The van der Waals surface area contributed by atoms with Gasteiger partial charge in [0.25, 0.3) is 0 Å². The van der Waals surface area contributed by atoms with Crippen LogP contribution in [-0.4, -0.2) is 16.7 Å². The first-order chi connectivity index (χ1) is 9.20. The van der Waals surface area contributed by atoms with Crippen molar-refractivity contribution < 1.29 is 9.26 Å². The van der Waals surface area contributed by atoms with Gasteiger partial charge in [0.2, 0.25) is 5.89 Å². The molecule has 19 heavy (non-hydrogen) atoms. The molecule has 1 N–H and O–H groups in total. The summed E-state index contributed by atoms with van der Waals surface area (Å²) < 4.78 is 10.7. The van der Waals surface area contributed by atoms with Crippen LogP contribution in [0.3, 0.4) is 0 Å². The van der Waals surface area contributed by atoms with Crippen molar-refractivity contribution in [2.75, 3.05) is 6.61 Å². The third kappa shape index (κ3) is 3.54. The zero-order valence-corrected chi connectivity index (χ0v) is 11.5. The van der Waals surface area contributed by atoms with Crippen LogP contribution >= 0.6 is 0 Å². The fraction of sp³-hybridized carbons (Fsp3) is 0.429. The number of aryl methyl sites for hydroxylation is 1. The van der Waals surface area contributed by atoms with E-state index < -0.39 is 0 Å². The van der Waals surface area contributed by atoms with Crippen molar-refractivity contribution in [1.29, 1.82) is 0 Å². The SMILES string of the molecule is CCOc1ccccc1C(C)NCc1nc(C)no1. The summed E-state index contributed by atoms with van der Waals surface area (Å²) in [7, 11) is 0.